The number of hydrogen-bond acceptors (Lipinski definition) is 2. The lowest BCUT2D eigenvalue weighted by Gasteiger charge is -2.19. The van der Waals surface area contributed by atoms with E-state index in [0.29, 0.717) is 12.5 Å². The maximum Gasteiger partial charge on any atom is 0.240 e. The number of aryl methyl sites for hydroxylation is 1. The van der Waals surface area contributed by atoms with Crippen molar-refractivity contribution in [2.45, 2.75) is 32.4 Å². The van der Waals surface area contributed by atoms with Crippen molar-refractivity contribution in [2.24, 2.45) is 5.92 Å². The minimum absolute atomic E-state index is 0.0446. The molecular weight excluding hydrogens is 250 g/mol. The van der Waals surface area contributed by atoms with E-state index in [1.54, 1.807) is 6.20 Å². The average molecular weight is 269 g/mol. The molecule has 2 heterocycles. The third-order valence-electron chi connectivity index (χ3n) is 3.75. The van der Waals surface area contributed by atoms with E-state index < -0.39 is 0 Å². The Bertz CT molecular complexity index is 588. The second-order valence-electron chi connectivity index (χ2n) is 5.44. The summed E-state index contributed by atoms with van der Waals surface area (Å²) in [5, 5.41) is 3.15. The number of nitrogens with one attached hydrogen (secondary N) is 1. The summed E-state index contributed by atoms with van der Waals surface area (Å²) in [4.78, 5) is 16.6. The van der Waals surface area contributed by atoms with Crippen molar-refractivity contribution in [3.05, 3.63) is 54.1 Å². The smallest absolute Gasteiger partial charge is 0.240 e. The highest BCUT2D eigenvalue weighted by Gasteiger charge is 2.34. The zero-order valence-corrected chi connectivity index (χ0v) is 11.6. The molecule has 1 amide bonds. The van der Waals surface area contributed by atoms with Crippen molar-refractivity contribution in [3.8, 4) is 0 Å². The number of amides is 1. The fourth-order valence-corrected chi connectivity index (χ4v) is 2.52. The van der Waals surface area contributed by atoms with Crippen LogP contribution in [-0.4, -0.2) is 15.5 Å². The predicted molar refractivity (Wildman–Crippen MR) is 77.0 cm³/mol. The molecule has 1 N–H and O–H groups in total. The number of nitrogens with zero attached hydrogens (tertiary/aromatic N) is 2. The molecule has 104 valence electrons. The SMILES string of the molecule is Cc1cccnc1C(NC(=O)Cn1cccc1)C1CC1. The largest absolute Gasteiger partial charge is 0.346 e. The van der Waals surface area contributed by atoms with Crippen LogP contribution in [-0.2, 0) is 11.3 Å². The Labute approximate surface area is 118 Å². The van der Waals surface area contributed by atoms with Crippen LogP contribution in [0.1, 0.15) is 30.1 Å². The third kappa shape index (κ3) is 2.90. The van der Waals surface area contributed by atoms with Gasteiger partial charge in [-0.25, -0.2) is 0 Å². The normalized spacial score (nSPS) is 15.8. The van der Waals surface area contributed by atoms with E-state index in [-0.39, 0.29) is 11.9 Å². The molecule has 0 radical (unpaired) electrons. The van der Waals surface area contributed by atoms with Crippen molar-refractivity contribution in [3.63, 3.8) is 0 Å². The van der Waals surface area contributed by atoms with Crippen LogP contribution >= 0.6 is 0 Å². The van der Waals surface area contributed by atoms with Crippen LogP contribution in [0.3, 0.4) is 0 Å². The molecule has 2 aromatic rings. The number of carbonyl (C=O) groups excluding carboxylic acids is 1. The van der Waals surface area contributed by atoms with Crippen LogP contribution in [0, 0.1) is 12.8 Å². The van der Waals surface area contributed by atoms with Gasteiger partial charge in [-0.15, -0.1) is 0 Å². The third-order valence-corrected chi connectivity index (χ3v) is 3.75. The lowest BCUT2D eigenvalue weighted by atomic mass is 10.0. The first-order valence-electron chi connectivity index (χ1n) is 7.05. The summed E-state index contributed by atoms with van der Waals surface area (Å²) in [6, 6.07) is 7.89. The Kier molecular flexibility index (Phi) is 3.54. The van der Waals surface area contributed by atoms with Crippen molar-refractivity contribution >= 4 is 5.91 Å². The molecular formula is C16H19N3O. The molecule has 1 fully saturated rings. The maximum atomic E-state index is 12.2. The van der Waals surface area contributed by atoms with Crippen molar-refractivity contribution in [1.29, 1.82) is 0 Å². The summed E-state index contributed by atoms with van der Waals surface area (Å²) in [5.41, 5.74) is 2.15. The first kappa shape index (κ1) is 12.9. The molecule has 0 saturated heterocycles. The van der Waals surface area contributed by atoms with Gasteiger partial charge in [0.1, 0.15) is 6.54 Å². The van der Waals surface area contributed by atoms with Gasteiger partial charge in [0.25, 0.3) is 0 Å². The molecule has 0 spiro atoms. The molecule has 4 heteroatoms. The van der Waals surface area contributed by atoms with E-state index in [0.717, 1.165) is 11.3 Å². The number of hydrogen-bond donors (Lipinski definition) is 1. The second-order valence-corrected chi connectivity index (χ2v) is 5.44. The Morgan fingerprint density at radius 1 is 1.40 bits per heavy atom. The molecule has 2 aromatic heterocycles. The molecule has 0 aromatic carbocycles. The Hall–Kier alpha value is -2.10. The van der Waals surface area contributed by atoms with Crippen LogP contribution in [0.15, 0.2) is 42.9 Å². The molecule has 1 aliphatic carbocycles. The topological polar surface area (TPSA) is 46.9 Å². The molecule has 20 heavy (non-hydrogen) atoms. The van der Waals surface area contributed by atoms with Gasteiger partial charge < -0.3 is 9.88 Å². The summed E-state index contributed by atoms with van der Waals surface area (Å²) in [6.45, 7) is 2.41. The standard InChI is InChI=1S/C16H19N3O/c1-12-5-4-8-17-15(12)16(13-6-7-13)18-14(20)11-19-9-2-3-10-19/h2-5,8-10,13,16H,6-7,11H2,1H3,(H,18,20). The second kappa shape index (κ2) is 5.49. The minimum atomic E-state index is 0.0446. The van der Waals surface area contributed by atoms with Gasteiger partial charge >= 0.3 is 0 Å². The highest BCUT2D eigenvalue weighted by Crippen LogP contribution is 2.41. The van der Waals surface area contributed by atoms with Gasteiger partial charge in [0.2, 0.25) is 5.91 Å². The van der Waals surface area contributed by atoms with Gasteiger partial charge in [-0.1, -0.05) is 6.07 Å². The molecule has 0 bridgehead atoms. The van der Waals surface area contributed by atoms with E-state index in [9.17, 15) is 4.79 Å². The van der Waals surface area contributed by atoms with Gasteiger partial charge in [0, 0.05) is 18.6 Å². The highest BCUT2D eigenvalue weighted by atomic mass is 16.2. The van der Waals surface area contributed by atoms with Crippen LogP contribution in [0.5, 0.6) is 0 Å². The highest BCUT2D eigenvalue weighted by molar-refractivity contribution is 5.76. The first-order valence-corrected chi connectivity index (χ1v) is 7.05. The molecule has 3 rings (SSSR count). The minimum Gasteiger partial charge on any atom is -0.346 e. The number of pyridine rings is 1. The molecule has 1 unspecified atom stereocenters. The van der Waals surface area contributed by atoms with E-state index in [2.05, 4.69) is 23.3 Å². The van der Waals surface area contributed by atoms with Crippen LogP contribution in [0.4, 0.5) is 0 Å². The Morgan fingerprint density at radius 2 is 2.15 bits per heavy atom. The predicted octanol–water partition coefficient (Wildman–Crippen LogP) is 2.46. The van der Waals surface area contributed by atoms with Gasteiger partial charge in [-0.05, 0) is 49.4 Å². The summed E-state index contributed by atoms with van der Waals surface area (Å²) in [5.74, 6) is 0.584. The van der Waals surface area contributed by atoms with Crippen molar-refractivity contribution in [1.82, 2.24) is 14.9 Å². The molecule has 1 aliphatic rings. The van der Waals surface area contributed by atoms with Gasteiger partial charge in [0.05, 0.1) is 11.7 Å². The van der Waals surface area contributed by atoms with Crippen LogP contribution in [0.2, 0.25) is 0 Å². The number of rotatable bonds is 5. The molecule has 1 saturated carbocycles. The summed E-state index contributed by atoms with van der Waals surface area (Å²) in [6.07, 6.45) is 7.94. The quantitative estimate of drug-likeness (QED) is 0.906. The van der Waals surface area contributed by atoms with E-state index in [1.807, 2.05) is 35.2 Å². The summed E-state index contributed by atoms with van der Waals surface area (Å²) >= 11 is 0. The molecule has 4 nitrogen and oxygen atoms in total. The first-order chi connectivity index (χ1) is 9.74. The van der Waals surface area contributed by atoms with Crippen LogP contribution < -0.4 is 5.32 Å². The van der Waals surface area contributed by atoms with E-state index in [1.165, 1.54) is 12.8 Å². The van der Waals surface area contributed by atoms with Gasteiger partial charge in [0.15, 0.2) is 0 Å². The van der Waals surface area contributed by atoms with E-state index >= 15 is 0 Å². The van der Waals surface area contributed by atoms with Crippen LogP contribution in [0.25, 0.3) is 0 Å². The van der Waals surface area contributed by atoms with E-state index in [4.69, 9.17) is 0 Å². The maximum absolute atomic E-state index is 12.2. The lowest BCUT2D eigenvalue weighted by molar-refractivity contribution is -0.122. The monoisotopic (exact) mass is 269 g/mol. The van der Waals surface area contributed by atoms with Crippen molar-refractivity contribution in [2.75, 3.05) is 0 Å². The van der Waals surface area contributed by atoms with Gasteiger partial charge in [-0.2, -0.15) is 0 Å². The van der Waals surface area contributed by atoms with Crippen molar-refractivity contribution < 1.29 is 4.79 Å². The summed E-state index contributed by atoms with van der Waals surface area (Å²) in [7, 11) is 0. The Balaban J connectivity index is 1.72. The molecule has 1 atom stereocenters. The lowest BCUT2D eigenvalue weighted by Crippen LogP contribution is -2.33. The summed E-state index contributed by atoms with van der Waals surface area (Å²) < 4.78 is 1.88. The Morgan fingerprint density at radius 3 is 2.80 bits per heavy atom. The number of aromatic nitrogens is 2. The fraction of sp³-hybridized carbons (Fsp3) is 0.375. The fourth-order valence-electron chi connectivity index (χ4n) is 2.52. The van der Waals surface area contributed by atoms with Gasteiger partial charge in [-0.3, -0.25) is 9.78 Å². The zero-order chi connectivity index (χ0) is 13.9. The number of carbonyl (C=O) groups is 1. The molecule has 0 aliphatic heterocycles. The average Bonchev–Trinajstić information content (AvgIpc) is 3.15. The zero-order valence-electron chi connectivity index (χ0n) is 11.6.